The van der Waals surface area contributed by atoms with Crippen molar-refractivity contribution in [2.75, 3.05) is 51.4 Å². The number of thioether (sulfide) groups is 1. The highest BCUT2D eigenvalue weighted by atomic mass is 32.2. The van der Waals surface area contributed by atoms with E-state index < -0.39 is 0 Å². The van der Waals surface area contributed by atoms with Gasteiger partial charge in [0.15, 0.2) is 0 Å². The molecule has 2 fully saturated rings. The molecule has 25 heavy (non-hydrogen) atoms. The summed E-state index contributed by atoms with van der Waals surface area (Å²) < 4.78 is 7.56. The van der Waals surface area contributed by atoms with Crippen molar-refractivity contribution in [2.45, 2.75) is 31.7 Å². The normalized spacial score (nSPS) is 20.2. The van der Waals surface area contributed by atoms with Crippen LogP contribution in [0.4, 0.5) is 0 Å². The maximum absolute atomic E-state index is 12.2. The fourth-order valence-corrected chi connectivity index (χ4v) is 3.94. The van der Waals surface area contributed by atoms with Crippen LogP contribution in [0.2, 0.25) is 0 Å². The molecule has 0 unspecified atom stereocenters. The smallest absolute Gasteiger partial charge is 0.223 e. The number of morpholine rings is 1. The second-order valence-corrected chi connectivity index (χ2v) is 7.81. The monoisotopic (exact) mass is 367 g/mol. The van der Waals surface area contributed by atoms with Crippen molar-refractivity contribution in [1.29, 1.82) is 0 Å². The molecule has 0 aliphatic carbocycles. The minimum Gasteiger partial charge on any atom is -0.379 e. The van der Waals surface area contributed by atoms with Crippen LogP contribution in [-0.4, -0.2) is 81.9 Å². The Morgan fingerprint density at radius 1 is 1.20 bits per heavy atom. The molecule has 3 heterocycles. The molecular formula is C17H29N5O2S. The molecule has 2 saturated heterocycles. The van der Waals surface area contributed by atoms with Gasteiger partial charge in [0.1, 0.15) is 11.6 Å². The van der Waals surface area contributed by atoms with Gasteiger partial charge in [0.25, 0.3) is 0 Å². The molecule has 140 valence electrons. The Kier molecular flexibility index (Phi) is 6.72. The molecule has 2 aliphatic rings. The van der Waals surface area contributed by atoms with Gasteiger partial charge in [-0.3, -0.25) is 9.69 Å². The quantitative estimate of drug-likeness (QED) is 0.750. The van der Waals surface area contributed by atoms with E-state index in [9.17, 15) is 4.79 Å². The van der Waals surface area contributed by atoms with Gasteiger partial charge in [-0.25, -0.2) is 0 Å². The van der Waals surface area contributed by atoms with E-state index in [0.29, 0.717) is 18.2 Å². The topological polar surface area (TPSA) is 63.5 Å². The zero-order valence-corrected chi connectivity index (χ0v) is 16.1. The Bertz CT molecular complexity index is 565. The summed E-state index contributed by atoms with van der Waals surface area (Å²) >= 11 is 1.73. The first kappa shape index (κ1) is 18.7. The molecule has 0 atom stereocenters. The van der Waals surface area contributed by atoms with Crippen molar-refractivity contribution in [1.82, 2.24) is 24.6 Å². The van der Waals surface area contributed by atoms with E-state index in [1.54, 1.807) is 11.8 Å². The number of aromatic nitrogens is 3. The Morgan fingerprint density at radius 3 is 2.60 bits per heavy atom. The molecule has 0 bridgehead atoms. The molecular weight excluding hydrogens is 338 g/mol. The number of rotatable bonds is 6. The van der Waals surface area contributed by atoms with Crippen molar-refractivity contribution >= 4 is 17.7 Å². The van der Waals surface area contributed by atoms with E-state index in [0.717, 1.165) is 76.2 Å². The first-order chi connectivity index (χ1) is 12.2. The molecule has 0 spiro atoms. The number of piperidine rings is 1. The Hall–Kier alpha value is -1.12. The molecule has 7 nitrogen and oxygen atoms in total. The summed E-state index contributed by atoms with van der Waals surface area (Å²) in [6.07, 6.45) is 4.66. The number of hydrogen-bond acceptors (Lipinski definition) is 6. The predicted octanol–water partition coefficient (Wildman–Crippen LogP) is 1.11. The van der Waals surface area contributed by atoms with Gasteiger partial charge < -0.3 is 14.2 Å². The number of carbonyl (C=O) groups excluding carboxylic acids is 1. The van der Waals surface area contributed by atoms with Gasteiger partial charge in [-0.2, -0.15) is 11.8 Å². The van der Waals surface area contributed by atoms with Gasteiger partial charge in [-0.05, 0) is 19.1 Å². The van der Waals surface area contributed by atoms with Gasteiger partial charge >= 0.3 is 0 Å². The first-order valence-corrected chi connectivity index (χ1v) is 10.5. The molecule has 0 saturated carbocycles. The van der Waals surface area contributed by atoms with Gasteiger partial charge in [-0.15, -0.1) is 10.2 Å². The highest BCUT2D eigenvalue weighted by Gasteiger charge is 2.27. The average molecular weight is 368 g/mol. The lowest BCUT2D eigenvalue weighted by atomic mass is 9.95. The fourth-order valence-electron chi connectivity index (χ4n) is 3.56. The number of carbonyl (C=O) groups is 1. The van der Waals surface area contributed by atoms with E-state index in [1.807, 2.05) is 11.2 Å². The lowest BCUT2D eigenvalue weighted by Gasteiger charge is -2.31. The van der Waals surface area contributed by atoms with Crippen LogP contribution < -0.4 is 0 Å². The molecule has 1 amide bonds. The van der Waals surface area contributed by atoms with Crippen molar-refractivity contribution in [2.24, 2.45) is 7.05 Å². The first-order valence-electron chi connectivity index (χ1n) is 9.14. The van der Waals surface area contributed by atoms with Gasteiger partial charge in [-0.1, -0.05) is 0 Å². The molecule has 0 radical (unpaired) electrons. The number of nitrogens with zero attached hydrogens (tertiary/aromatic N) is 5. The minimum absolute atomic E-state index is 0.291. The van der Waals surface area contributed by atoms with E-state index in [2.05, 4.69) is 26.7 Å². The molecule has 3 rings (SSSR count). The number of hydrogen-bond donors (Lipinski definition) is 0. The lowest BCUT2D eigenvalue weighted by molar-refractivity contribution is -0.131. The van der Waals surface area contributed by atoms with Crippen LogP contribution in [0, 0.1) is 0 Å². The summed E-state index contributed by atoms with van der Waals surface area (Å²) in [6, 6.07) is 0. The number of amides is 1. The molecule has 1 aromatic rings. The highest BCUT2D eigenvalue weighted by molar-refractivity contribution is 7.98. The summed E-state index contributed by atoms with van der Waals surface area (Å²) in [4.78, 5) is 16.5. The van der Waals surface area contributed by atoms with Crippen LogP contribution in [0.15, 0.2) is 0 Å². The minimum atomic E-state index is 0.291. The third kappa shape index (κ3) is 4.74. The van der Waals surface area contributed by atoms with E-state index in [-0.39, 0.29) is 0 Å². The fraction of sp³-hybridized carbons (Fsp3) is 0.824. The van der Waals surface area contributed by atoms with E-state index in [4.69, 9.17) is 4.74 Å². The third-order valence-corrected chi connectivity index (χ3v) is 5.81. The zero-order valence-electron chi connectivity index (χ0n) is 15.3. The Labute approximate surface area is 154 Å². The molecule has 8 heteroatoms. The summed E-state index contributed by atoms with van der Waals surface area (Å²) in [5.74, 6) is 3.70. The Balaban J connectivity index is 1.54. The molecule has 0 aromatic carbocycles. The summed E-state index contributed by atoms with van der Waals surface area (Å²) in [5.41, 5.74) is 0. The summed E-state index contributed by atoms with van der Waals surface area (Å²) in [5, 5.41) is 8.90. The van der Waals surface area contributed by atoms with E-state index in [1.165, 1.54) is 0 Å². The zero-order chi connectivity index (χ0) is 17.6. The molecule has 2 aliphatic heterocycles. The predicted molar refractivity (Wildman–Crippen MR) is 98.7 cm³/mol. The van der Waals surface area contributed by atoms with Crippen LogP contribution in [0.1, 0.15) is 36.8 Å². The van der Waals surface area contributed by atoms with Crippen LogP contribution in [0.3, 0.4) is 0 Å². The third-order valence-electron chi connectivity index (χ3n) is 5.20. The van der Waals surface area contributed by atoms with Crippen molar-refractivity contribution < 1.29 is 9.53 Å². The van der Waals surface area contributed by atoms with Gasteiger partial charge in [0, 0.05) is 51.3 Å². The van der Waals surface area contributed by atoms with Gasteiger partial charge in [0.05, 0.1) is 19.8 Å². The number of likely N-dealkylation sites (tertiary alicyclic amines) is 1. The van der Waals surface area contributed by atoms with E-state index >= 15 is 0 Å². The summed E-state index contributed by atoms with van der Waals surface area (Å²) in [7, 11) is 2.07. The standard InChI is InChI=1S/C17H29N5O2S/c1-20-15(13-21-8-10-24-11-9-21)18-19-17(20)14-3-6-22(7-4-14)16(23)5-12-25-2/h14H,3-13H2,1-2H3. The maximum Gasteiger partial charge on any atom is 0.223 e. The van der Waals surface area contributed by atoms with Crippen molar-refractivity contribution in [3.63, 3.8) is 0 Å². The molecule has 1 aromatic heterocycles. The van der Waals surface area contributed by atoms with Crippen LogP contribution in [0.5, 0.6) is 0 Å². The van der Waals surface area contributed by atoms with Crippen molar-refractivity contribution in [3.8, 4) is 0 Å². The highest BCUT2D eigenvalue weighted by Crippen LogP contribution is 2.27. The van der Waals surface area contributed by atoms with Crippen LogP contribution in [-0.2, 0) is 23.1 Å². The SMILES string of the molecule is CSCCC(=O)N1CCC(c2nnc(CN3CCOCC3)n2C)CC1. The average Bonchev–Trinajstić information content (AvgIpc) is 3.01. The lowest BCUT2D eigenvalue weighted by Crippen LogP contribution is -2.38. The maximum atomic E-state index is 12.2. The second kappa shape index (κ2) is 9.00. The van der Waals surface area contributed by atoms with Gasteiger partial charge in [0.2, 0.25) is 5.91 Å². The Morgan fingerprint density at radius 2 is 1.92 bits per heavy atom. The van der Waals surface area contributed by atoms with Crippen molar-refractivity contribution in [3.05, 3.63) is 11.6 Å². The van der Waals surface area contributed by atoms with Crippen LogP contribution in [0.25, 0.3) is 0 Å². The molecule has 0 N–H and O–H groups in total. The van der Waals surface area contributed by atoms with Crippen LogP contribution >= 0.6 is 11.8 Å². The second-order valence-electron chi connectivity index (χ2n) is 6.82. The largest absolute Gasteiger partial charge is 0.379 e. The number of ether oxygens (including phenoxy) is 1. The summed E-state index contributed by atoms with van der Waals surface area (Å²) in [6.45, 7) is 6.02.